The van der Waals surface area contributed by atoms with Crippen LogP contribution in [-0.4, -0.2) is 44.6 Å². The molecule has 1 aliphatic carbocycles. The van der Waals surface area contributed by atoms with Crippen molar-refractivity contribution in [3.63, 3.8) is 0 Å². The fourth-order valence-corrected chi connectivity index (χ4v) is 4.17. The van der Waals surface area contributed by atoms with Gasteiger partial charge >= 0.3 is 0 Å². The maximum Gasteiger partial charge on any atom is 0.261 e. The third kappa shape index (κ3) is 2.96. The maximum absolute atomic E-state index is 12.2. The van der Waals surface area contributed by atoms with E-state index < -0.39 is 0 Å². The van der Waals surface area contributed by atoms with Gasteiger partial charge in [-0.3, -0.25) is 14.1 Å². The number of hydrogen-bond donors (Lipinski definition) is 1. The summed E-state index contributed by atoms with van der Waals surface area (Å²) in [6.07, 6.45) is 4.28. The Balaban J connectivity index is 1.39. The van der Waals surface area contributed by atoms with Gasteiger partial charge in [-0.15, -0.1) is 0 Å². The highest BCUT2D eigenvalue weighted by molar-refractivity contribution is 5.53. The van der Waals surface area contributed by atoms with Crippen LogP contribution in [-0.2, 0) is 6.54 Å². The lowest BCUT2D eigenvalue weighted by Crippen LogP contribution is -2.54. The lowest BCUT2D eigenvalue weighted by atomic mass is 10.1. The lowest BCUT2D eigenvalue weighted by molar-refractivity contribution is 0.149. The Morgan fingerprint density at radius 1 is 1.07 bits per heavy atom. The topological polar surface area (TPSA) is 61.1 Å². The van der Waals surface area contributed by atoms with Crippen molar-refractivity contribution >= 4 is 11.3 Å². The zero-order chi connectivity index (χ0) is 18.4. The van der Waals surface area contributed by atoms with Crippen LogP contribution in [0.25, 0.3) is 5.65 Å². The van der Waals surface area contributed by atoms with Gasteiger partial charge in [-0.1, -0.05) is 30.3 Å². The van der Waals surface area contributed by atoms with E-state index in [-0.39, 0.29) is 17.0 Å². The van der Waals surface area contributed by atoms with Crippen LogP contribution in [0.5, 0.6) is 5.88 Å². The number of nitrogens with zero attached hydrogens (tertiary/aromatic N) is 4. The molecule has 3 aromatic rings. The predicted molar refractivity (Wildman–Crippen MR) is 104 cm³/mol. The molecule has 1 spiro atoms. The van der Waals surface area contributed by atoms with Crippen molar-refractivity contribution in [2.75, 3.05) is 24.5 Å². The Bertz CT molecular complexity index is 1040. The second-order valence-electron chi connectivity index (χ2n) is 7.62. The molecule has 1 aliphatic heterocycles. The molecule has 2 aliphatic rings. The summed E-state index contributed by atoms with van der Waals surface area (Å²) in [6, 6.07) is 15.6. The summed E-state index contributed by atoms with van der Waals surface area (Å²) < 4.78 is 1.50. The van der Waals surface area contributed by atoms with Crippen molar-refractivity contribution in [1.82, 2.24) is 14.3 Å². The first kappa shape index (κ1) is 16.3. The molecule has 27 heavy (non-hydrogen) atoms. The van der Waals surface area contributed by atoms with Crippen molar-refractivity contribution in [3.8, 4) is 5.88 Å². The van der Waals surface area contributed by atoms with E-state index in [9.17, 15) is 9.90 Å². The number of rotatable bonds is 3. The molecule has 0 atom stereocenters. The van der Waals surface area contributed by atoms with E-state index >= 15 is 0 Å². The van der Waals surface area contributed by atoms with Crippen LogP contribution in [0, 0.1) is 0 Å². The van der Waals surface area contributed by atoms with Crippen LogP contribution in [0.3, 0.4) is 0 Å². The Hall–Kier alpha value is -2.86. The second-order valence-corrected chi connectivity index (χ2v) is 7.62. The van der Waals surface area contributed by atoms with Gasteiger partial charge in [0, 0.05) is 37.9 Å². The summed E-state index contributed by atoms with van der Waals surface area (Å²) in [4.78, 5) is 21.2. The van der Waals surface area contributed by atoms with Gasteiger partial charge in [0.05, 0.1) is 11.8 Å². The minimum atomic E-state index is -0.261. The molecule has 6 nitrogen and oxygen atoms in total. The van der Waals surface area contributed by atoms with E-state index in [4.69, 9.17) is 0 Å². The third-order valence-electron chi connectivity index (χ3n) is 5.83. The summed E-state index contributed by atoms with van der Waals surface area (Å²) in [7, 11) is 0. The smallest absolute Gasteiger partial charge is 0.261 e. The van der Waals surface area contributed by atoms with E-state index in [0.717, 1.165) is 37.9 Å². The predicted octanol–water partition coefficient (Wildman–Crippen LogP) is 2.25. The lowest BCUT2D eigenvalue weighted by Gasteiger charge is -2.43. The number of benzene rings is 1. The molecular weight excluding hydrogens is 340 g/mol. The Morgan fingerprint density at radius 2 is 1.89 bits per heavy atom. The largest absolute Gasteiger partial charge is 0.493 e. The molecule has 6 heteroatoms. The van der Waals surface area contributed by atoms with Gasteiger partial charge in [-0.05, 0) is 30.5 Å². The van der Waals surface area contributed by atoms with Crippen molar-refractivity contribution in [1.29, 1.82) is 0 Å². The van der Waals surface area contributed by atoms with Crippen LogP contribution < -0.4 is 10.5 Å². The number of hydrogen-bond acceptors (Lipinski definition) is 5. The SMILES string of the molecule is O=c1cc(O)nc2ccc(N3CCN(Cc4ccccc4)C4(CC4)C3)cn12. The van der Waals surface area contributed by atoms with E-state index in [0.29, 0.717) is 5.65 Å². The molecule has 0 radical (unpaired) electrons. The van der Waals surface area contributed by atoms with Gasteiger partial charge < -0.3 is 10.0 Å². The first-order chi connectivity index (χ1) is 13.1. The summed E-state index contributed by atoms with van der Waals surface area (Å²) in [5.74, 6) is -0.237. The normalized spacial score (nSPS) is 18.9. The molecule has 2 fully saturated rings. The summed E-state index contributed by atoms with van der Waals surface area (Å²) in [5.41, 5.74) is 2.85. The molecule has 1 aromatic carbocycles. The quantitative estimate of drug-likeness (QED) is 0.774. The minimum Gasteiger partial charge on any atom is -0.493 e. The molecular formula is C21H22N4O2. The zero-order valence-corrected chi connectivity index (χ0v) is 15.1. The maximum atomic E-state index is 12.2. The van der Waals surface area contributed by atoms with Crippen molar-refractivity contribution in [2.24, 2.45) is 0 Å². The molecule has 0 bridgehead atoms. The Labute approximate surface area is 157 Å². The van der Waals surface area contributed by atoms with E-state index in [1.165, 1.54) is 22.8 Å². The molecule has 1 saturated heterocycles. The molecule has 2 aromatic heterocycles. The van der Waals surface area contributed by atoms with Crippen molar-refractivity contribution in [2.45, 2.75) is 24.9 Å². The number of piperazine rings is 1. The molecule has 138 valence electrons. The van der Waals surface area contributed by atoms with Crippen LogP contribution >= 0.6 is 0 Å². The fraction of sp³-hybridized carbons (Fsp3) is 0.333. The highest BCUT2D eigenvalue weighted by Crippen LogP contribution is 2.45. The fourth-order valence-electron chi connectivity index (χ4n) is 4.17. The van der Waals surface area contributed by atoms with Gasteiger partial charge in [0.1, 0.15) is 5.65 Å². The van der Waals surface area contributed by atoms with E-state index in [2.05, 4.69) is 45.1 Å². The van der Waals surface area contributed by atoms with Crippen LogP contribution in [0.15, 0.2) is 59.5 Å². The van der Waals surface area contributed by atoms with Gasteiger partial charge in [-0.2, -0.15) is 4.98 Å². The number of anilines is 1. The molecule has 1 N–H and O–H groups in total. The van der Waals surface area contributed by atoms with Crippen LogP contribution in [0.1, 0.15) is 18.4 Å². The van der Waals surface area contributed by atoms with Gasteiger partial charge in [-0.25, -0.2) is 0 Å². The Kier molecular flexibility index (Phi) is 3.68. The Morgan fingerprint density at radius 3 is 2.67 bits per heavy atom. The second kappa shape index (κ2) is 6.09. The van der Waals surface area contributed by atoms with Crippen LogP contribution in [0.4, 0.5) is 5.69 Å². The van der Waals surface area contributed by atoms with Gasteiger partial charge in [0.15, 0.2) is 0 Å². The first-order valence-corrected chi connectivity index (χ1v) is 9.39. The van der Waals surface area contributed by atoms with Crippen molar-refractivity contribution in [3.05, 3.63) is 70.6 Å². The summed E-state index contributed by atoms with van der Waals surface area (Å²) in [6.45, 7) is 3.91. The minimum absolute atomic E-state index is 0.237. The molecule has 5 rings (SSSR count). The van der Waals surface area contributed by atoms with Gasteiger partial charge in [0.25, 0.3) is 5.56 Å². The van der Waals surface area contributed by atoms with E-state index in [1.54, 1.807) is 6.07 Å². The molecule has 3 heterocycles. The van der Waals surface area contributed by atoms with Crippen LogP contribution in [0.2, 0.25) is 0 Å². The first-order valence-electron chi connectivity index (χ1n) is 9.39. The summed E-state index contributed by atoms with van der Waals surface area (Å²) >= 11 is 0. The highest BCUT2D eigenvalue weighted by Gasteiger charge is 2.51. The monoisotopic (exact) mass is 362 g/mol. The average Bonchev–Trinajstić information content (AvgIpc) is 3.44. The standard InChI is InChI=1S/C21H22N4O2/c26-19-12-20(27)25-14-17(6-7-18(25)22-19)23-10-11-24(21(15-23)8-9-21)13-16-4-2-1-3-5-16/h1-7,12,14,26H,8-11,13,15H2. The number of aromatic hydroxyl groups is 1. The molecule has 1 saturated carbocycles. The average molecular weight is 362 g/mol. The third-order valence-corrected chi connectivity index (χ3v) is 5.83. The van der Waals surface area contributed by atoms with Gasteiger partial charge in [0.2, 0.25) is 5.88 Å². The van der Waals surface area contributed by atoms with E-state index in [1.807, 2.05) is 12.3 Å². The number of aromatic nitrogens is 2. The number of fused-ring (bicyclic) bond motifs is 1. The molecule has 0 unspecified atom stereocenters. The van der Waals surface area contributed by atoms with Crippen molar-refractivity contribution < 1.29 is 5.11 Å². The summed E-state index contributed by atoms with van der Waals surface area (Å²) in [5, 5.41) is 9.52. The molecule has 0 amide bonds. The zero-order valence-electron chi connectivity index (χ0n) is 15.1. The number of pyridine rings is 1. The highest BCUT2D eigenvalue weighted by atomic mass is 16.3.